The number of amides is 1. The van der Waals surface area contributed by atoms with Crippen LogP contribution in [0.3, 0.4) is 0 Å². The van der Waals surface area contributed by atoms with E-state index in [-0.39, 0.29) is 5.91 Å². The molecule has 3 rings (SSSR count). The predicted octanol–water partition coefficient (Wildman–Crippen LogP) is 2.25. The summed E-state index contributed by atoms with van der Waals surface area (Å²) in [5.41, 5.74) is 0.441. The Labute approximate surface area is 123 Å². The van der Waals surface area contributed by atoms with Crippen LogP contribution in [0.1, 0.15) is 52.2 Å². The molecule has 0 aromatic carbocycles. The molecule has 0 radical (unpaired) electrons. The smallest absolute Gasteiger partial charge is 0.261 e. The van der Waals surface area contributed by atoms with Crippen LogP contribution >= 0.6 is 11.3 Å². The molecule has 0 spiro atoms. The van der Waals surface area contributed by atoms with Gasteiger partial charge in [-0.15, -0.1) is 11.3 Å². The van der Waals surface area contributed by atoms with Gasteiger partial charge in [-0.05, 0) is 24.5 Å². The van der Waals surface area contributed by atoms with Gasteiger partial charge in [-0.2, -0.15) is 0 Å². The van der Waals surface area contributed by atoms with E-state index in [1.54, 1.807) is 11.3 Å². The summed E-state index contributed by atoms with van der Waals surface area (Å²) in [4.78, 5) is 14.2. The van der Waals surface area contributed by atoms with E-state index in [9.17, 15) is 9.90 Å². The molecule has 2 aliphatic rings. The van der Waals surface area contributed by atoms with Gasteiger partial charge in [0.25, 0.3) is 5.91 Å². The monoisotopic (exact) mass is 295 g/mol. The average molecular weight is 295 g/mol. The van der Waals surface area contributed by atoms with Crippen LogP contribution in [0.15, 0.2) is 6.07 Å². The molecule has 1 aromatic rings. The first-order chi connectivity index (χ1) is 9.66. The first-order valence-corrected chi connectivity index (χ1v) is 8.18. The topological polar surface area (TPSA) is 58.6 Å². The van der Waals surface area contributed by atoms with Gasteiger partial charge in [0.05, 0.1) is 23.7 Å². The van der Waals surface area contributed by atoms with E-state index in [1.807, 2.05) is 6.07 Å². The van der Waals surface area contributed by atoms with Crippen LogP contribution in [0.2, 0.25) is 0 Å². The van der Waals surface area contributed by atoms with Crippen LogP contribution in [0.5, 0.6) is 0 Å². The molecule has 2 heterocycles. The van der Waals surface area contributed by atoms with Gasteiger partial charge in [0.1, 0.15) is 0 Å². The predicted molar refractivity (Wildman–Crippen MR) is 78.0 cm³/mol. The quantitative estimate of drug-likeness (QED) is 0.899. The fourth-order valence-corrected chi connectivity index (χ4v) is 4.04. The number of hydrogen-bond donors (Lipinski definition) is 2. The molecule has 1 aliphatic carbocycles. The molecule has 2 N–H and O–H groups in total. The first-order valence-electron chi connectivity index (χ1n) is 7.36. The molecule has 0 saturated heterocycles. The second kappa shape index (κ2) is 5.84. The molecule has 4 nitrogen and oxygen atoms in total. The largest absolute Gasteiger partial charge is 0.388 e. The van der Waals surface area contributed by atoms with Gasteiger partial charge >= 0.3 is 0 Å². The number of aliphatic hydroxyl groups is 1. The molecule has 0 atom stereocenters. The maximum atomic E-state index is 12.2. The zero-order valence-electron chi connectivity index (χ0n) is 11.6. The fraction of sp³-hybridized carbons (Fsp3) is 0.667. The van der Waals surface area contributed by atoms with Gasteiger partial charge < -0.3 is 15.2 Å². The van der Waals surface area contributed by atoms with E-state index in [2.05, 4.69) is 5.32 Å². The van der Waals surface area contributed by atoms with Crippen LogP contribution in [-0.2, 0) is 17.8 Å². The van der Waals surface area contributed by atoms with Gasteiger partial charge in [0.2, 0.25) is 0 Å². The Bertz CT molecular complexity index is 468. The van der Waals surface area contributed by atoms with Gasteiger partial charge in [-0.3, -0.25) is 4.79 Å². The molecular weight excluding hydrogens is 274 g/mol. The lowest BCUT2D eigenvalue weighted by molar-refractivity contribution is 0.00529. The fourth-order valence-electron chi connectivity index (χ4n) is 2.98. The van der Waals surface area contributed by atoms with E-state index < -0.39 is 5.60 Å². The van der Waals surface area contributed by atoms with Crippen molar-refractivity contribution in [3.05, 3.63) is 21.4 Å². The van der Waals surface area contributed by atoms with E-state index in [4.69, 9.17) is 4.74 Å². The maximum absolute atomic E-state index is 12.2. The minimum atomic E-state index is -0.700. The summed E-state index contributed by atoms with van der Waals surface area (Å²) < 4.78 is 5.40. The van der Waals surface area contributed by atoms with Crippen molar-refractivity contribution in [1.82, 2.24) is 5.32 Å². The van der Waals surface area contributed by atoms with Gasteiger partial charge in [-0.25, -0.2) is 0 Å². The first kappa shape index (κ1) is 14.0. The van der Waals surface area contributed by atoms with Crippen molar-refractivity contribution in [2.24, 2.45) is 0 Å². The standard InChI is InChI=1S/C15H21NO3S/c17-14(16-10-15(18)5-2-1-3-6-15)13-8-11-9-19-7-4-12(11)20-13/h8,18H,1-7,9-10H2,(H,16,17). The normalized spacial score (nSPS) is 21.2. The minimum Gasteiger partial charge on any atom is -0.388 e. The highest BCUT2D eigenvalue weighted by Gasteiger charge is 2.30. The molecule has 0 bridgehead atoms. The van der Waals surface area contributed by atoms with Crippen molar-refractivity contribution < 1.29 is 14.6 Å². The SMILES string of the molecule is O=C(NCC1(O)CCCCC1)c1cc2c(s1)CCOC2. The lowest BCUT2D eigenvalue weighted by Gasteiger charge is -2.32. The molecule has 1 amide bonds. The van der Waals surface area contributed by atoms with Crippen molar-refractivity contribution in [3.8, 4) is 0 Å². The third kappa shape index (κ3) is 3.05. The van der Waals surface area contributed by atoms with Crippen molar-refractivity contribution in [1.29, 1.82) is 0 Å². The van der Waals surface area contributed by atoms with Crippen molar-refractivity contribution in [2.75, 3.05) is 13.2 Å². The summed E-state index contributed by atoms with van der Waals surface area (Å²) in [5.74, 6) is -0.0663. The zero-order valence-corrected chi connectivity index (χ0v) is 12.4. The van der Waals surface area contributed by atoms with E-state index in [1.165, 1.54) is 11.3 Å². The Morgan fingerprint density at radius 2 is 2.20 bits per heavy atom. The Kier molecular flexibility index (Phi) is 4.10. The summed E-state index contributed by atoms with van der Waals surface area (Å²) in [6.07, 6.45) is 5.78. The second-order valence-corrected chi connectivity index (χ2v) is 6.97. The molecule has 1 aromatic heterocycles. The molecule has 0 unspecified atom stereocenters. The van der Waals surface area contributed by atoms with Gasteiger partial charge in [0, 0.05) is 17.8 Å². The summed E-state index contributed by atoms with van der Waals surface area (Å²) >= 11 is 1.56. The highest BCUT2D eigenvalue weighted by Crippen LogP contribution is 2.29. The van der Waals surface area contributed by atoms with Gasteiger partial charge in [-0.1, -0.05) is 19.3 Å². The van der Waals surface area contributed by atoms with E-state index >= 15 is 0 Å². The Balaban J connectivity index is 1.60. The zero-order chi connectivity index (χ0) is 14.0. The van der Waals surface area contributed by atoms with Crippen LogP contribution in [0, 0.1) is 0 Å². The van der Waals surface area contributed by atoms with Crippen LogP contribution < -0.4 is 5.32 Å². The number of carbonyl (C=O) groups excluding carboxylic acids is 1. The molecule has 20 heavy (non-hydrogen) atoms. The Morgan fingerprint density at radius 3 is 2.95 bits per heavy atom. The lowest BCUT2D eigenvalue weighted by atomic mass is 9.85. The molecular formula is C15H21NO3S. The van der Waals surface area contributed by atoms with Crippen molar-refractivity contribution in [3.63, 3.8) is 0 Å². The minimum absolute atomic E-state index is 0.0663. The van der Waals surface area contributed by atoms with E-state index in [0.717, 1.165) is 49.2 Å². The Morgan fingerprint density at radius 1 is 1.40 bits per heavy atom. The average Bonchev–Trinajstić information content (AvgIpc) is 2.89. The number of ether oxygens (including phenoxy) is 1. The van der Waals surface area contributed by atoms with Crippen LogP contribution in [0.25, 0.3) is 0 Å². The number of nitrogens with one attached hydrogen (secondary N) is 1. The molecule has 1 aliphatic heterocycles. The summed E-state index contributed by atoms with van der Waals surface area (Å²) in [7, 11) is 0. The third-order valence-electron chi connectivity index (χ3n) is 4.21. The summed E-state index contributed by atoms with van der Waals surface area (Å²) in [6.45, 7) is 1.72. The Hall–Kier alpha value is -0.910. The highest BCUT2D eigenvalue weighted by atomic mass is 32.1. The second-order valence-electron chi connectivity index (χ2n) is 5.83. The number of carbonyl (C=O) groups is 1. The molecule has 110 valence electrons. The third-order valence-corrected chi connectivity index (χ3v) is 5.45. The number of fused-ring (bicyclic) bond motifs is 1. The molecule has 1 saturated carbocycles. The molecule has 5 heteroatoms. The van der Waals surface area contributed by atoms with Crippen molar-refractivity contribution in [2.45, 2.75) is 50.7 Å². The van der Waals surface area contributed by atoms with Crippen LogP contribution in [0.4, 0.5) is 0 Å². The number of thiophene rings is 1. The highest BCUT2D eigenvalue weighted by molar-refractivity contribution is 7.14. The number of rotatable bonds is 3. The van der Waals surface area contributed by atoms with Gasteiger partial charge in [0.15, 0.2) is 0 Å². The molecule has 1 fully saturated rings. The number of hydrogen-bond acceptors (Lipinski definition) is 4. The lowest BCUT2D eigenvalue weighted by Crippen LogP contribution is -2.44. The summed E-state index contributed by atoms with van der Waals surface area (Å²) in [6, 6.07) is 1.93. The van der Waals surface area contributed by atoms with Crippen LogP contribution in [-0.4, -0.2) is 29.8 Å². The van der Waals surface area contributed by atoms with Crippen molar-refractivity contribution >= 4 is 17.2 Å². The summed E-state index contributed by atoms with van der Waals surface area (Å²) in [5, 5.41) is 13.3. The van der Waals surface area contributed by atoms with E-state index in [0.29, 0.717) is 13.2 Å². The maximum Gasteiger partial charge on any atom is 0.261 e.